The molecule has 1 saturated heterocycles. The van der Waals surface area contributed by atoms with Crippen LogP contribution in [0.3, 0.4) is 0 Å². The highest BCUT2D eigenvalue weighted by Crippen LogP contribution is 2.07. The fraction of sp³-hybridized carbons (Fsp3) is 0.364. The van der Waals surface area contributed by atoms with E-state index in [1.54, 1.807) is 0 Å². The van der Waals surface area contributed by atoms with E-state index in [4.69, 9.17) is 4.74 Å². The van der Waals surface area contributed by atoms with E-state index in [9.17, 15) is 4.79 Å². The van der Waals surface area contributed by atoms with Crippen LogP contribution in [0.1, 0.15) is 15.9 Å². The number of aryl methyl sites for hydroxylation is 1. The predicted octanol–water partition coefficient (Wildman–Crippen LogP) is 1.12. The largest absolute Gasteiger partial charge is 0.371 e. The molecule has 1 aliphatic heterocycles. The second kappa shape index (κ2) is 3.80. The van der Waals surface area contributed by atoms with Crippen LogP contribution in [0, 0.1) is 6.92 Å². The smallest absolute Gasteiger partial charge is 0.251 e. The van der Waals surface area contributed by atoms with E-state index in [0.717, 1.165) is 12.2 Å². The maximum absolute atomic E-state index is 11.5. The van der Waals surface area contributed by atoms with Crippen molar-refractivity contribution in [3.05, 3.63) is 35.4 Å². The number of amides is 1. The minimum Gasteiger partial charge on any atom is -0.371 e. The van der Waals surface area contributed by atoms with E-state index in [-0.39, 0.29) is 12.0 Å². The van der Waals surface area contributed by atoms with E-state index in [1.165, 1.54) is 0 Å². The van der Waals surface area contributed by atoms with E-state index in [1.807, 2.05) is 31.2 Å². The number of benzene rings is 1. The van der Waals surface area contributed by atoms with Crippen LogP contribution in [-0.2, 0) is 4.74 Å². The third kappa shape index (κ3) is 2.33. The molecule has 0 aromatic heterocycles. The molecular formula is C11H13NO2. The van der Waals surface area contributed by atoms with Gasteiger partial charge in [0.15, 0.2) is 0 Å². The van der Waals surface area contributed by atoms with Crippen LogP contribution < -0.4 is 5.32 Å². The Morgan fingerprint density at radius 1 is 1.50 bits per heavy atom. The van der Waals surface area contributed by atoms with Crippen molar-refractivity contribution in [2.24, 2.45) is 0 Å². The summed E-state index contributed by atoms with van der Waals surface area (Å²) in [7, 11) is 0. The molecule has 1 amide bonds. The molecule has 1 aromatic carbocycles. The first-order valence-corrected chi connectivity index (χ1v) is 4.72. The average Bonchev–Trinajstić information content (AvgIpc) is 2.99. The van der Waals surface area contributed by atoms with Crippen molar-refractivity contribution >= 4 is 5.91 Å². The zero-order valence-corrected chi connectivity index (χ0v) is 8.12. The van der Waals surface area contributed by atoms with E-state index in [0.29, 0.717) is 12.1 Å². The first kappa shape index (κ1) is 9.21. The highest BCUT2D eigenvalue weighted by molar-refractivity contribution is 5.94. The molecule has 0 bridgehead atoms. The number of rotatable bonds is 3. The molecule has 1 N–H and O–H groups in total. The van der Waals surface area contributed by atoms with Gasteiger partial charge in [0.25, 0.3) is 5.91 Å². The summed E-state index contributed by atoms with van der Waals surface area (Å²) in [4.78, 5) is 11.5. The van der Waals surface area contributed by atoms with E-state index < -0.39 is 0 Å². The highest BCUT2D eigenvalue weighted by atomic mass is 16.6. The van der Waals surface area contributed by atoms with Crippen LogP contribution in [0.25, 0.3) is 0 Å². The lowest BCUT2D eigenvalue weighted by molar-refractivity contribution is 0.0950. The zero-order chi connectivity index (χ0) is 9.97. The van der Waals surface area contributed by atoms with Crippen molar-refractivity contribution in [3.63, 3.8) is 0 Å². The minimum atomic E-state index is -0.0273. The van der Waals surface area contributed by atoms with Crippen LogP contribution in [0.5, 0.6) is 0 Å². The lowest BCUT2D eigenvalue weighted by atomic mass is 10.1. The van der Waals surface area contributed by atoms with Crippen molar-refractivity contribution in [3.8, 4) is 0 Å². The lowest BCUT2D eigenvalue weighted by Gasteiger charge is -2.02. The summed E-state index contributed by atoms with van der Waals surface area (Å²) in [6.07, 6.45) is 0.240. The van der Waals surface area contributed by atoms with Crippen molar-refractivity contribution in [1.82, 2.24) is 5.32 Å². The third-order valence-corrected chi connectivity index (χ3v) is 2.21. The molecule has 0 spiro atoms. The van der Waals surface area contributed by atoms with Crippen LogP contribution in [0.2, 0.25) is 0 Å². The molecule has 14 heavy (non-hydrogen) atoms. The lowest BCUT2D eigenvalue weighted by Crippen LogP contribution is -2.27. The van der Waals surface area contributed by atoms with E-state index in [2.05, 4.69) is 5.32 Å². The third-order valence-electron chi connectivity index (χ3n) is 2.21. The molecule has 3 nitrogen and oxygen atoms in total. The predicted molar refractivity (Wildman–Crippen MR) is 53.3 cm³/mol. The van der Waals surface area contributed by atoms with Crippen LogP contribution in [-0.4, -0.2) is 25.2 Å². The molecule has 0 radical (unpaired) electrons. The fourth-order valence-corrected chi connectivity index (χ4v) is 1.20. The first-order chi connectivity index (χ1) is 6.75. The standard InChI is InChI=1S/C11H13NO2/c1-8-2-4-9(5-3-8)11(13)12-6-10-7-14-10/h2-5,10H,6-7H2,1H3,(H,12,13). The topological polar surface area (TPSA) is 41.6 Å². The SMILES string of the molecule is Cc1ccc(C(=O)NCC2CO2)cc1. The molecule has 0 aliphatic carbocycles. The molecule has 1 aromatic rings. The normalized spacial score (nSPS) is 19.1. The van der Waals surface area contributed by atoms with Crippen molar-refractivity contribution < 1.29 is 9.53 Å². The monoisotopic (exact) mass is 191 g/mol. The molecule has 3 heteroatoms. The Labute approximate surface area is 83.1 Å². The maximum atomic E-state index is 11.5. The summed E-state index contributed by atoms with van der Waals surface area (Å²) in [5.74, 6) is -0.0273. The minimum absolute atomic E-state index is 0.0273. The molecule has 2 rings (SSSR count). The second-order valence-corrected chi connectivity index (χ2v) is 3.53. The van der Waals surface area contributed by atoms with Gasteiger partial charge in [0.2, 0.25) is 0 Å². The molecule has 1 fully saturated rings. The molecular weight excluding hydrogens is 178 g/mol. The molecule has 74 valence electrons. The quantitative estimate of drug-likeness (QED) is 0.727. The van der Waals surface area contributed by atoms with Crippen LogP contribution in [0.15, 0.2) is 24.3 Å². The average molecular weight is 191 g/mol. The number of hydrogen-bond acceptors (Lipinski definition) is 2. The Bertz CT molecular complexity index is 328. The van der Waals surface area contributed by atoms with Gasteiger partial charge in [0.1, 0.15) is 0 Å². The summed E-state index contributed by atoms with van der Waals surface area (Å²) in [5.41, 5.74) is 1.86. The van der Waals surface area contributed by atoms with Crippen molar-refractivity contribution in [2.45, 2.75) is 13.0 Å². The number of ether oxygens (including phenoxy) is 1. The maximum Gasteiger partial charge on any atom is 0.251 e. The summed E-state index contributed by atoms with van der Waals surface area (Å²) >= 11 is 0. The molecule has 1 atom stereocenters. The van der Waals surface area contributed by atoms with Gasteiger partial charge in [-0.05, 0) is 19.1 Å². The number of carbonyl (C=O) groups is 1. The van der Waals surface area contributed by atoms with Crippen molar-refractivity contribution in [1.29, 1.82) is 0 Å². The van der Waals surface area contributed by atoms with Crippen LogP contribution >= 0.6 is 0 Å². The number of carbonyl (C=O) groups excluding carboxylic acids is 1. The van der Waals surface area contributed by atoms with Gasteiger partial charge in [-0.15, -0.1) is 0 Å². The van der Waals surface area contributed by atoms with Gasteiger partial charge >= 0.3 is 0 Å². The van der Waals surface area contributed by atoms with Gasteiger partial charge in [-0.1, -0.05) is 17.7 Å². The van der Waals surface area contributed by atoms with Gasteiger partial charge in [-0.2, -0.15) is 0 Å². The summed E-state index contributed by atoms with van der Waals surface area (Å²) in [6.45, 7) is 3.39. The fourth-order valence-electron chi connectivity index (χ4n) is 1.20. The Morgan fingerprint density at radius 3 is 2.71 bits per heavy atom. The number of nitrogens with one attached hydrogen (secondary N) is 1. The molecule has 1 heterocycles. The zero-order valence-electron chi connectivity index (χ0n) is 8.12. The first-order valence-electron chi connectivity index (χ1n) is 4.72. The van der Waals surface area contributed by atoms with Gasteiger partial charge in [-0.3, -0.25) is 4.79 Å². The van der Waals surface area contributed by atoms with E-state index >= 15 is 0 Å². The van der Waals surface area contributed by atoms with Gasteiger partial charge < -0.3 is 10.1 Å². The Hall–Kier alpha value is -1.35. The summed E-state index contributed by atoms with van der Waals surface area (Å²) in [6, 6.07) is 7.53. The Balaban J connectivity index is 1.92. The van der Waals surface area contributed by atoms with Gasteiger partial charge in [0.05, 0.1) is 12.7 Å². The van der Waals surface area contributed by atoms with Crippen molar-refractivity contribution in [2.75, 3.05) is 13.2 Å². The second-order valence-electron chi connectivity index (χ2n) is 3.53. The molecule has 1 unspecified atom stereocenters. The Kier molecular flexibility index (Phi) is 2.50. The molecule has 0 saturated carbocycles. The van der Waals surface area contributed by atoms with Crippen LogP contribution in [0.4, 0.5) is 0 Å². The number of hydrogen-bond donors (Lipinski definition) is 1. The van der Waals surface area contributed by atoms with Gasteiger partial charge in [0, 0.05) is 12.1 Å². The number of epoxide rings is 1. The summed E-state index contributed by atoms with van der Waals surface area (Å²) in [5, 5.41) is 2.82. The highest BCUT2D eigenvalue weighted by Gasteiger charge is 2.22. The summed E-state index contributed by atoms with van der Waals surface area (Å²) < 4.78 is 5.00. The van der Waals surface area contributed by atoms with Gasteiger partial charge in [-0.25, -0.2) is 0 Å². The molecule has 1 aliphatic rings. The Morgan fingerprint density at radius 2 is 2.14 bits per heavy atom.